The van der Waals surface area contributed by atoms with E-state index in [1.54, 1.807) is 0 Å². The molecule has 9 heteroatoms. The molecule has 1 fully saturated rings. The highest BCUT2D eigenvalue weighted by Crippen LogP contribution is 2.43. The molecule has 8 nitrogen and oxygen atoms in total. The number of nitrogens with zero attached hydrogens (tertiary/aromatic N) is 2. The zero-order chi connectivity index (χ0) is 27.1. The van der Waals surface area contributed by atoms with Gasteiger partial charge in [-0.2, -0.15) is 0 Å². The van der Waals surface area contributed by atoms with Crippen molar-refractivity contribution in [1.82, 2.24) is 5.06 Å². The fraction of sp³-hybridized carbons (Fsp3) is 1.00. The van der Waals surface area contributed by atoms with Gasteiger partial charge in [-0.05, 0) is 46.0 Å². The maximum atomic E-state index is 13.0. The Hall–Kier alpha value is -0.0500. The second-order valence-corrected chi connectivity index (χ2v) is 13.7. The molecule has 36 heavy (non-hydrogen) atoms. The van der Waals surface area contributed by atoms with Crippen LogP contribution in [0, 0.1) is 5.21 Å². The van der Waals surface area contributed by atoms with Crippen molar-refractivity contribution in [2.75, 3.05) is 47.5 Å². The van der Waals surface area contributed by atoms with Crippen molar-refractivity contribution in [2.45, 2.75) is 128 Å². The molecule has 0 radical (unpaired) electrons. The maximum Gasteiger partial charge on any atom is 0.472 e. The molecular weight excluding hydrogens is 479 g/mol. The van der Waals surface area contributed by atoms with Crippen LogP contribution in [0.5, 0.6) is 0 Å². The standard InChI is InChI=1S/C27H57N2O6P/c1-7-8-9-17-20-27(28(30)26(2,3)25-33-27)21-18-15-13-11-10-12-14-16-19-23-34-36(31,32)35-24-22-29(4,5)6/h7-25H2,1-6H3,(H,31,32). The second-order valence-electron chi connectivity index (χ2n) is 12.2. The average molecular weight is 537 g/mol. The fourth-order valence-electron chi connectivity index (χ4n) is 4.67. The van der Waals surface area contributed by atoms with Gasteiger partial charge in [0, 0.05) is 5.54 Å². The number of unbranched alkanes of at least 4 members (excludes halogenated alkanes) is 11. The molecule has 1 N–H and O–H groups in total. The first-order chi connectivity index (χ1) is 16.8. The molecule has 0 aliphatic carbocycles. The smallest absolute Gasteiger partial charge is 0.472 e. The van der Waals surface area contributed by atoms with Crippen LogP contribution in [0.15, 0.2) is 0 Å². The Morgan fingerprint density at radius 1 is 0.861 bits per heavy atom. The molecule has 0 spiro atoms. The minimum absolute atomic E-state index is 0.206. The number of rotatable bonds is 22. The van der Waals surface area contributed by atoms with Gasteiger partial charge in [0.1, 0.15) is 18.9 Å². The van der Waals surface area contributed by atoms with Crippen molar-refractivity contribution in [2.24, 2.45) is 0 Å². The van der Waals surface area contributed by atoms with E-state index in [0.717, 1.165) is 51.4 Å². The van der Waals surface area contributed by atoms with Crippen molar-refractivity contribution >= 4 is 7.82 Å². The number of hydrogen-bond donors (Lipinski definition) is 1. The van der Waals surface area contributed by atoms with E-state index in [0.29, 0.717) is 17.6 Å². The van der Waals surface area contributed by atoms with Gasteiger partial charge in [-0.1, -0.05) is 71.1 Å². The molecular formula is C27H57N2O6P. The first-order valence-electron chi connectivity index (χ1n) is 14.4. The van der Waals surface area contributed by atoms with Crippen LogP contribution in [0.25, 0.3) is 0 Å². The first-order valence-corrected chi connectivity index (χ1v) is 15.9. The predicted octanol–water partition coefficient (Wildman–Crippen LogP) is 7.00. The molecule has 0 aromatic carbocycles. The van der Waals surface area contributed by atoms with Crippen molar-refractivity contribution in [3.8, 4) is 0 Å². The molecule has 1 aliphatic heterocycles. The third-order valence-corrected chi connectivity index (χ3v) is 8.04. The molecule has 2 atom stereocenters. The van der Waals surface area contributed by atoms with Gasteiger partial charge in [0.2, 0.25) is 0 Å². The quantitative estimate of drug-likeness (QED) is 0.0904. The lowest BCUT2D eigenvalue weighted by Crippen LogP contribution is -2.48. The summed E-state index contributed by atoms with van der Waals surface area (Å²) < 4.78 is 28.8. The zero-order valence-electron chi connectivity index (χ0n) is 24.3. The van der Waals surface area contributed by atoms with E-state index >= 15 is 0 Å². The molecule has 0 aromatic heterocycles. The lowest BCUT2D eigenvalue weighted by molar-refractivity contribution is -0.870. The molecule has 1 aliphatic rings. The van der Waals surface area contributed by atoms with Gasteiger partial charge in [0.15, 0.2) is 0 Å². The van der Waals surface area contributed by atoms with E-state index in [1.807, 2.05) is 35.0 Å². The largest absolute Gasteiger partial charge is 0.783 e. The molecule has 216 valence electrons. The van der Waals surface area contributed by atoms with E-state index in [2.05, 4.69) is 6.92 Å². The number of likely N-dealkylation sites (N-methyl/N-ethyl adjacent to an activating group) is 1. The molecule has 2 unspecified atom stereocenters. The van der Waals surface area contributed by atoms with E-state index in [9.17, 15) is 14.7 Å². The first kappa shape index (κ1) is 34.0. The molecule has 0 aromatic rings. The summed E-state index contributed by atoms with van der Waals surface area (Å²) in [5, 5.41) is 14.3. The highest BCUT2D eigenvalue weighted by molar-refractivity contribution is 7.47. The molecule has 1 saturated heterocycles. The van der Waals surface area contributed by atoms with Crippen molar-refractivity contribution < 1.29 is 27.7 Å². The molecule has 0 amide bonds. The van der Waals surface area contributed by atoms with Crippen molar-refractivity contribution in [1.29, 1.82) is 0 Å². The number of phosphoric ester groups is 1. The predicted molar refractivity (Wildman–Crippen MR) is 148 cm³/mol. The summed E-state index contributed by atoms with van der Waals surface area (Å²) in [4.78, 5) is 9.72. The molecule has 1 rings (SSSR count). The van der Waals surface area contributed by atoms with Gasteiger partial charge < -0.3 is 24.4 Å². The van der Waals surface area contributed by atoms with E-state index in [-0.39, 0.29) is 13.2 Å². The summed E-state index contributed by atoms with van der Waals surface area (Å²) >= 11 is 0. The average Bonchev–Trinajstić information content (AvgIpc) is 3.00. The third-order valence-electron chi connectivity index (χ3n) is 7.02. The Bertz CT molecular complexity index is 628. The normalized spacial score (nSPS) is 22.2. The summed E-state index contributed by atoms with van der Waals surface area (Å²) in [5.41, 5.74) is -1.04. The van der Waals surface area contributed by atoms with Crippen LogP contribution in [0.1, 0.15) is 117 Å². The second kappa shape index (κ2) is 16.8. The summed E-state index contributed by atoms with van der Waals surface area (Å²) in [5.74, 6) is 0. The molecule has 0 saturated carbocycles. The van der Waals surface area contributed by atoms with Gasteiger partial charge in [0.25, 0.3) is 0 Å². The highest BCUT2D eigenvalue weighted by Gasteiger charge is 2.45. The van der Waals surface area contributed by atoms with Gasteiger partial charge in [0.05, 0.1) is 34.4 Å². The van der Waals surface area contributed by atoms with E-state index in [1.165, 1.54) is 50.0 Å². The lowest BCUT2D eigenvalue weighted by atomic mass is 9.95. The summed E-state index contributed by atoms with van der Waals surface area (Å²) in [7, 11) is 2.08. The summed E-state index contributed by atoms with van der Waals surface area (Å²) in [6.07, 6.45) is 16.2. The number of hydrogen-bond acceptors (Lipinski definition) is 6. The maximum absolute atomic E-state index is 13.0. The summed E-state index contributed by atoms with van der Waals surface area (Å²) in [6.45, 7) is 7.82. The monoisotopic (exact) mass is 536 g/mol. The van der Waals surface area contributed by atoms with Crippen LogP contribution in [0.4, 0.5) is 0 Å². The van der Waals surface area contributed by atoms with Crippen LogP contribution >= 0.6 is 7.82 Å². The van der Waals surface area contributed by atoms with Gasteiger partial charge in [-0.15, -0.1) is 0 Å². The number of ether oxygens (including phenoxy) is 1. The Morgan fingerprint density at radius 2 is 1.33 bits per heavy atom. The third kappa shape index (κ3) is 14.2. The summed E-state index contributed by atoms with van der Waals surface area (Å²) in [6, 6.07) is 0. The van der Waals surface area contributed by atoms with E-state index in [4.69, 9.17) is 13.8 Å². The number of hydroxylamine groups is 2. The number of phosphoric acid groups is 1. The molecule has 0 bridgehead atoms. The van der Waals surface area contributed by atoms with Gasteiger partial charge in [-0.25, -0.2) is 4.57 Å². The SMILES string of the molecule is CCCCCCC1(CCCCCCCCCCCOP(=O)(O)OCC[N+](C)(C)C)OCC(C)(C)N1[O-]. The highest BCUT2D eigenvalue weighted by atomic mass is 31.2. The Balaban J connectivity index is 2.08. The van der Waals surface area contributed by atoms with E-state index < -0.39 is 19.1 Å². The fourth-order valence-corrected chi connectivity index (χ4v) is 5.41. The zero-order valence-corrected chi connectivity index (χ0v) is 25.2. The van der Waals surface area contributed by atoms with Gasteiger partial charge in [-0.3, -0.25) is 9.05 Å². The van der Waals surface area contributed by atoms with Crippen LogP contribution in [-0.2, 0) is 18.3 Å². The molecule has 1 heterocycles. The van der Waals surface area contributed by atoms with Crippen LogP contribution in [-0.4, -0.2) is 73.2 Å². The van der Waals surface area contributed by atoms with Gasteiger partial charge >= 0.3 is 7.82 Å². The lowest BCUT2D eigenvalue weighted by Gasteiger charge is -2.48. The number of quaternary nitrogens is 1. The Morgan fingerprint density at radius 3 is 1.81 bits per heavy atom. The Kier molecular flexibility index (Phi) is 15.9. The Labute approximate surface area is 221 Å². The van der Waals surface area contributed by atoms with Crippen molar-refractivity contribution in [3.63, 3.8) is 0 Å². The van der Waals surface area contributed by atoms with Crippen LogP contribution in [0.3, 0.4) is 0 Å². The topological polar surface area (TPSA) is 91.3 Å². The van der Waals surface area contributed by atoms with Crippen LogP contribution < -0.4 is 0 Å². The minimum Gasteiger partial charge on any atom is -0.783 e. The minimum atomic E-state index is -3.93. The van der Waals surface area contributed by atoms with Crippen molar-refractivity contribution in [3.05, 3.63) is 5.21 Å². The van der Waals surface area contributed by atoms with Crippen LogP contribution in [0.2, 0.25) is 0 Å².